The molecule has 5 nitrogen and oxygen atoms in total. The van der Waals surface area contributed by atoms with Crippen LogP contribution in [-0.2, 0) is 0 Å². The minimum atomic E-state index is -0.350. The van der Waals surface area contributed by atoms with Crippen LogP contribution < -0.4 is 10.7 Å². The summed E-state index contributed by atoms with van der Waals surface area (Å²) in [6.45, 7) is 1.85. The zero-order valence-corrected chi connectivity index (χ0v) is 11.8. The van der Waals surface area contributed by atoms with Crippen molar-refractivity contribution in [3.05, 3.63) is 33.7 Å². The van der Waals surface area contributed by atoms with Crippen molar-refractivity contribution in [2.45, 2.75) is 45.1 Å². The van der Waals surface area contributed by atoms with Gasteiger partial charge in [-0.05, 0) is 19.8 Å². The molecule has 1 aromatic heterocycles. The average molecular weight is 278 g/mol. The number of rotatable bonds is 3. The highest BCUT2D eigenvalue weighted by molar-refractivity contribution is 5.94. The molecule has 0 radical (unpaired) electrons. The van der Waals surface area contributed by atoms with Crippen LogP contribution in [0.4, 0.5) is 0 Å². The second-order valence-corrected chi connectivity index (χ2v) is 5.55. The molecule has 5 heteroatoms. The Labute approximate surface area is 118 Å². The third-order valence-electron chi connectivity index (χ3n) is 4.01. The van der Waals surface area contributed by atoms with Crippen molar-refractivity contribution in [3.8, 4) is 0 Å². The Morgan fingerprint density at radius 2 is 2.15 bits per heavy atom. The van der Waals surface area contributed by atoms with Crippen LogP contribution in [0.15, 0.2) is 17.1 Å². The molecular formula is C15H22N2O3. The second kappa shape index (κ2) is 6.70. The predicted octanol–water partition coefficient (Wildman–Crippen LogP) is 1.35. The van der Waals surface area contributed by atoms with Crippen LogP contribution in [0.3, 0.4) is 0 Å². The van der Waals surface area contributed by atoms with Gasteiger partial charge in [0.1, 0.15) is 5.56 Å². The summed E-state index contributed by atoms with van der Waals surface area (Å²) in [4.78, 5) is 26.9. The van der Waals surface area contributed by atoms with E-state index in [9.17, 15) is 14.7 Å². The molecule has 1 heterocycles. The van der Waals surface area contributed by atoms with E-state index in [2.05, 4.69) is 10.3 Å². The largest absolute Gasteiger partial charge is 0.396 e. The first-order valence-electron chi connectivity index (χ1n) is 7.23. The van der Waals surface area contributed by atoms with E-state index in [4.69, 9.17) is 0 Å². The molecule has 1 amide bonds. The minimum Gasteiger partial charge on any atom is -0.396 e. The summed E-state index contributed by atoms with van der Waals surface area (Å²) in [5.41, 5.74) is 0.596. The molecular weight excluding hydrogens is 256 g/mol. The van der Waals surface area contributed by atoms with Crippen LogP contribution >= 0.6 is 0 Å². The smallest absolute Gasteiger partial charge is 0.256 e. The molecule has 110 valence electrons. The maximum absolute atomic E-state index is 12.2. The Morgan fingerprint density at radius 3 is 2.85 bits per heavy atom. The Kier molecular flexibility index (Phi) is 4.95. The molecule has 1 saturated carbocycles. The van der Waals surface area contributed by atoms with Crippen molar-refractivity contribution < 1.29 is 9.90 Å². The SMILES string of the molecule is Cc1cc(=O)c(C(=O)NC2CCCCCC2CO)c[nH]1. The zero-order chi connectivity index (χ0) is 14.5. The van der Waals surface area contributed by atoms with Crippen molar-refractivity contribution >= 4 is 5.91 Å². The summed E-state index contributed by atoms with van der Waals surface area (Å²) in [5.74, 6) is -0.262. The van der Waals surface area contributed by atoms with Gasteiger partial charge in [0.05, 0.1) is 0 Å². The molecule has 2 atom stereocenters. The molecule has 2 unspecified atom stereocenters. The van der Waals surface area contributed by atoms with E-state index >= 15 is 0 Å². The summed E-state index contributed by atoms with van der Waals surface area (Å²) >= 11 is 0. The number of H-pyrrole nitrogens is 1. The van der Waals surface area contributed by atoms with Crippen LogP contribution in [0.1, 0.15) is 48.2 Å². The first-order chi connectivity index (χ1) is 9.61. The highest BCUT2D eigenvalue weighted by atomic mass is 16.3. The number of aryl methyl sites for hydroxylation is 1. The van der Waals surface area contributed by atoms with Gasteiger partial charge < -0.3 is 15.4 Å². The van der Waals surface area contributed by atoms with E-state index < -0.39 is 0 Å². The normalized spacial score (nSPS) is 23.1. The van der Waals surface area contributed by atoms with Crippen LogP contribution in [0.2, 0.25) is 0 Å². The van der Waals surface area contributed by atoms with E-state index in [0.717, 1.165) is 37.8 Å². The number of aliphatic hydroxyl groups excluding tert-OH is 1. The van der Waals surface area contributed by atoms with Crippen molar-refractivity contribution in [2.75, 3.05) is 6.61 Å². The fraction of sp³-hybridized carbons (Fsp3) is 0.600. The number of aliphatic hydroxyl groups is 1. The van der Waals surface area contributed by atoms with Crippen molar-refractivity contribution in [1.29, 1.82) is 0 Å². The Hall–Kier alpha value is -1.62. The van der Waals surface area contributed by atoms with E-state index in [-0.39, 0.29) is 35.5 Å². The summed E-state index contributed by atoms with van der Waals surface area (Å²) in [6, 6.07) is 1.38. The molecule has 1 aromatic rings. The van der Waals surface area contributed by atoms with Crippen molar-refractivity contribution in [1.82, 2.24) is 10.3 Å². The van der Waals surface area contributed by atoms with E-state index in [1.54, 1.807) is 6.92 Å². The summed E-state index contributed by atoms with van der Waals surface area (Å²) in [5, 5.41) is 12.4. The van der Waals surface area contributed by atoms with Crippen LogP contribution in [0.25, 0.3) is 0 Å². The minimum absolute atomic E-state index is 0.0456. The van der Waals surface area contributed by atoms with Gasteiger partial charge in [-0.15, -0.1) is 0 Å². The fourth-order valence-electron chi connectivity index (χ4n) is 2.79. The summed E-state index contributed by atoms with van der Waals surface area (Å²) in [7, 11) is 0. The predicted molar refractivity (Wildman–Crippen MR) is 76.7 cm³/mol. The lowest BCUT2D eigenvalue weighted by Crippen LogP contribution is -2.42. The maximum atomic E-state index is 12.2. The van der Waals surface area contributed by atoms with E-state index in [0.29, 0.717) is 0 Å². The van der Waals surface area contributed by atoms with Crippen LogP contribution in [0.5, 0.6) is 0 Å². The fourth-order valence-corrected chi connectivity index (χ4v) is 2.79. The van der Waals surface area contributed by atoms with Crippen LogP contribution in [0, 0.1) is 12.8 Å². The molecule has 1 aliphatic carbocycles. The zero-order valence-electron chi connectivity index (χ0n) is 11.8. The topological polar surface area (TPSA) is 82.2 Å². The lowest BCUT2D eigenvalue weighted by atomic mass is 9.95. The molecule has 20 heavy (non-hydrogen) atoms. The lowest BCUT2D eigenvalue weighted by molar-refractivity contribution is 0.0898. The number of pyridine rings is 1. The maximum Gasteiger partial charge on any atom is 0.256 e. The molecule has 2 rings (SSSR count). The van der Waals surface area contributed by atoms with Crippen molar-refractivity contribution in [3.63, 3.8) is 0 Å². The number of amides is 1. The Bertz CT molecular complexity index is 524. The molecule has 1 aliphatic rings. The molecule has 0 aromatic carbocycles. The van der Waals surface area contributed by atoms with Gasteiger partial charge in [-0.1, -0.05) is 19.3 Å². The van der Waals surface area contributed by atoms with Gasteiger partial charge >= 0.3 is 0 Å². The highest BCUT2D eigenvalue weighted by Gasteiger charge is 2.25. The quantitative estimate of drug-likeness (QED) is 0.730. The monoisotopic (exact) mass is 278 g/mol. The lowest BCUT2D eigenvalue weighted by Gasteiger charge is -2.24. The van der Waals surface area contributed by atoms with Gasteiger partial charge in [-0.25, -0.2) is 0 Å². The molecule has 0 saturated heterocycles. The number of hydrogen-bond acceptors (Lipinski definition) is 3. The number of carbonyl (C=O) groups is 1. The Morgan fingerprint density at radius 1 is 1.40 bits per heavy atom. The number of nitrogens with one attached hydrogen (secondary N) is 2. The number of hydrogen-bond donors (Lipinski definition) is 3. The second-order valence-electron chi connectivity index (χ2n) is 5.55. The third-order valence-corrected chi connectivity index (χ3v) is 4.01. The summed E-state index contributed by atoms with van der Waals surface area (Å²) < 4.78 is 0. The molecule has 0 spiro atoms. The average Bonchev–Trinajstić information content (AvgIpc) is 2.63. The number of carbonyl (C=O) groups excluding carboxylic acids is 1. The van der Waals surface area contributed by atoms with E-state index in [1.807, 2.05) is 0 Å². The van der Waals surface area contributed by atoms with E-state index in [1.165, 1.54) is 12.3 Å². The Balaban J connectivity index is 2.11. The molecule has 3 N–H and O–H groups in total. The van der Waals surface area contributed by atoms with Crippen molar-refractivity contribution in [2.24, 2.45) is 5.92 Å². The van der Waals surface area contributed by atoms with Gasteiger partial charge in [0.15, 0.2) is 5.43 Å². The number of aromatic amines is 1. The molecule has 0 bridgehead atoms. The van der Waals surface area contributed by atoms with Gasteiger partial charge in [-0.3, -0.25) is 9.59 Å². The highest BCUT2D eigenvalue weighted by Crippen LogP contribution is 2.23. The summed E-state index contributed by atoms with van der Waals surface area (Å²) in [6.07, 6.45) is 6.51. The first-order valence-corrected chi connectivity index (χ1v) is 7.23. The molecule has 0 aliphatic heterocycles. The van der Waals surface area contributed by atoms with Gasteiger partial charge in [-0.2, -0.15) is 0 Å². The van der Waals surface area contributed by atoms with Gasteiger partial charge in [0.25, 0.3) is 5.91 Å². The third kappa shape index (κ3) is 3.48. The molecule has 1 fully saturated rings. The number of aromatic nitrogens is 1. The van der Waals surface area contributed by atoms with Gasteiger partial charge in [0.2, 0.25) is 0 Å². The van der Waals surface area contributed by atoms with Crippen LogP contribution in [-0.4, -0.2) is 28.6 Å². The van der Waals surface area contributed by atoms with Gasteiger partial charge in [0, 0.05) is 36.5 Å². The first kappa shape index (κ1) is 14.8. The standard InChI is InChI=1S/C15H22N2O3/c1-10-7-14(19)12(8-16-10)15(20)17-13-6-4-2-3-5-11(13)9-18/h7-8,11,13,18H,2-6,9H2,1H3,(H,16,19)(H,17,20).